The van der Waals surface area contributed by atoms with Crippen LogP contribution in [0, 0.1) is 11.6 Å². The summed E-state index contributed by atoms with van der Waals surface area (Å²) in [6.45, 7) is 1.63. The molecule has 4 rings (SSSR count). The fourth-order valence-corrected chi connectivity index (χ4v) is 5.45. The summed E-state index contributed by atoms with van der Waals surface area (Å²) in [7, 11) is -7.32. The van der Waals surface area contributed by atoms with Gasteiger partial charge in [-0.3, -0.25) is 14.2 Å². The third-order valence-electron chi connectivity index (χ3n) is 5.35. The number of nitrogens with one attached hydrogen (secondary N) is 3. The molecule has 2 aromatic carbocycles. The van der Waals surface area contributed by atoms with Gasteiger partial charge in [0.05, 0.1) is 23.3 Å². The molecule has 3 N–H and O–H groups in total. The number of carbonyl (C=O) groups excluding carboxylic acids is 1. The number of pyridine rings is 1. The van der Waals surface area contributed by atoms with E-state index in [0.29, 0.717) is 22.5 Å². The molecule has 0 atom stereocenters. The van der Waals surface area contributed by atoms with Crippen LogP contribution in [-0.4, -0.2) is 44.6 Å². The summed E-state index contributed by atoms with van der Waals surface area (Å²) in [5.41, 5.74) is 0.373. The number of hydrogen-bond acceptors (Lipinski definition) is 6. The standard InChI is InChI=1S/C24H22F2N4O5S2/c1-3-10-37(34,35)30-20-9-8-19(25)21(22(20)26)23(31)18-13-28-24-17(18)11-15(12-27-24)14-4-6-16(7-5-14)29-36(2,32)33/h4-9,11-13,29-30H,3,10H2,1-2H3,(H,27,28). The van der Waals surface area contributed by atoms with Gasteiger partial charge in [-0.25, -0.2) is 30.6 Å². The topological polar surface area (TPSA) is 138 Å². The maximum atomic E-state index is 15.2. The molecule has 0 spiro atoms. The molecule has 0 radical (unpaired) electrons. The molecule has 2 aromatic heterocycles. The first-order valence-electron chi connectivity index (χ1n) is 11.0. The van der Waals surface area contributed by atoms with Gasteiger partial charge >= 0.3 is 0 Å². The number of ketones is 1. The first kappa shape index (κ1) is 26.2. The first-order chi connectivity index (χ1) is 17.4. The molecule has 0 unspecified atom stereocenters. The third-order valence-corrected chi connectivity index (χ3v) is 7.44. The second-order valence-corrected chi connectivity index (χ2v) is 11.9. The number of halogens is 2. The molecule has 13 heteroatoms. The van der Waals surface area contributed by atoms with E-state index in [9.17, 15) is 26.0 Å². The molecule has 0 saturated heterocycles. The number of benzene rings is 2. The number of rotatable bonds is 9. The van der Waals surface area contributed by atoms with Crippen molar-refractivity contribution in [3.05, 3.63) is 77.6 Å². The smallest absolute Gasteiger partial charge is 0.232 e. The minimum Gasteiger partial charge on any atom is -0.345 e. The predicted molar refractivity (Wildman–Crippen MR) is 137 cm³/mol. The van der Waals surface area contributed by atoms with Gasteiger partial charge in [-0.05, 0) is 42.3 Å². The van der Waals surface area contributed by atoms with Crippen LogP contribution in [0.25, 0.3) is 22.2 Å². The molecule has 0 fully saturated rings. The van der Waals surface area contributed by atoms with Crippen molar-refractivity contribution in [3.63, 3.8) is 0 Å². The van der Waals surface area contributed by atoms with Crippen molar-refractivity contribution >= 4 is 48.2 Å². The van der Waals surface area contributed by atoms with Gasteiger partial charge in [0, 0.05) is 34.6 Å². The number of H-pyrrole nitrogens is 1. The van der Waals surface area contributed by atoms with E-state index >= 15 is 4.39 Å². The molecule has 0 bridgehead atoms. The van der Waals surface area contributed by atoms with E-state index in [1.54, 1.807) is 37.3 Å². The second-order valence-electron chi connectivity index (χ2n) is 8.31. The van der Waals surface area contributed by atoms with Crippen LogP contribution >= 0.6 is 0 Å². The fourth-order valence-electron chi connectivity index (χ4n) is 3.76. The zero-order valence-corrected chi connectivity index (χ0v) is 21.3. The van der Waals surface area contributed by atoms with E-state index in [1.165, 1.54) is 12.4 Å². The van der Waals surface area contributed by atoms with Crippen LogP contribution in [0.2, 0.25) is 0 Å². The Kier molecular flexibility index (Phi) is 7.02. The van der Waals surface area contributed by atoms with E-state index in [4.69, 9.17) is 0 Å². The largest absolute Gasteiger partial charge is 0.345 e. The van der Waals surface area contributed by atoms with Gasteiger partial charge in [0.2, 0.25) is 25.8 Å². The Morgan fingerprint density at radius 2 is 1.70 bits per heavy atom. The van der Waals surface area contributed by atoms with E-state index in [-0.39, 0.29) is 23.1 Å². The van der Waals surface area contributed by atoms with E-state index < -0.39 is 48.7 Å². The fraction of sp³-hybridized carbons (Fsp3) is 0.167. The summed E-state index contributed by atoms with van der Waals surface area (Å²) >= 11 is 0. The van der Waals surface area contributed by atoms with Gasteiger partial charge in [0.15, 0.2) is 5.82 Å². The summed E-state index contributed by atoms with van der Waals surface area (Å²) in [4.78, 5) is 20.3. The number of sulfonamides is 2. The number of anilines is 2. The molecule has 194 valence electrons. The van der Waals surface area contributed by atoms with Crippen molar-refractivity contribution in [1.82, 2.24) is 9.97 Å². The average Bonchev–Trinajstić information content (AvgIpc) is 3.23. The lowest BCUT2D eigenvalue weighted by atomic mass is 10.00. The number of carbonyl (C=O) groups is 1. The zero-order valence-electron chi connectivity index (χ0n) is 19.7. The molecular weight excluding hydrogens is 526 g/mol. The second kappa shape index (κ2) is 9.90. The molecule has 9 nitrogen and oxygen atoms in total. The summed E-state index contributed by atoms with van der Waals surface area (Å²) in [6.07, 6.45) is 4.11. The van der Waals surface area contributed by atoms with Gasteiger partial charge in [0.1, 0.15) is 11.5 Å². The van der Waals surface area contributed by atoms with Crippen LogP contribution < -0.4 is 9.44 Å². The number of hydrogen-bond donors (Lipinski definition) is 3. The van der Waals surface area contributed by atoms with Crippen LogP contribution in [0.3, 0.4) is 0 Å². The Bertz CT molecular complexity index is 1720. The zero-order chi connectivity index (χ0) is 27.0. The predicted octanol–water partition coefficient (Wildman–Crippen LogP) is 4.26. The van der Waals surface area contributed by atoms with Crippen molar-refractivity contribution in [2.75, 3.05) is 21.5 Å². The molecule has 0 aliphatic carbocycles. The molecule has 0 saturated carbocycles. The molecule has 0 amide bonds. The quantitative estimate of drug-likeness (QED) is 0.267. The lowest BCUT2D eigenvalue weighted by Crippen LogP contribution is -2.18. The van der Waals surface area contributed by atoms with Gasteiger partial charge < -0.3 is 4.98 Å². The summed E-state index contributed by atoms with van der Waals surface area (Å²) in [5.74, 6) is -3.73. The highest BCUT2D eigenvalue weighted by molar-refractivity contribution is 7.92. The molecule has 4 aromatic rings. The van der Waals surface area contributed by atoms with E-state index in [1.807, 2.05) is 0 Å². The van der Waals surface area contributed by atoms with Gasteiger partial charge in [-0.2, -0.15) is 0 Å². The lowest BCUT2D eigenvalue weighted by Gasteiger charge is -2.11. The normalized spacial score (nSPS) is 12.0. The number of fused-ring (bicyclic) bond motifs is 1. The van der Waals surface area contributed by atoms with Crippen molar-refractivity contribution in [1.29, 1.82) is 0 Å². The number of aromatic amines is 1. The SMILES string of the molecule is CCCS(=O)(=O)Nc1ccc(F)c(C(=O)c2c[nH]c3ncc(-c4ccc(NS(C)(=O)=O)cc4)cc23)c1F. The lowest BCUT2D eigenvalue weighted by molar-refractivity contribution is 0.103. The highest BCUT2D eigenvalue weighted by Gasteiger charge is 2.26. The Morgan fingerprint density at radius 3 is 2.35 bits per heavy atom. The monoisotopic (exact) mass is 548 g/mol. The first-order valence-corrected chi connectivity index (χ1v) is 14.5. The van der Waals surface area contributed by atoms with Crippen LogP contribution in [0.15, 0.2) is 54.9 Å². The Labute approximate surface area is 212 Å². The maximum absolute atomic E-state index is 15.2. The number of nitrogens with zero attached hydrogens (tertiary/aromatic N) is 1. The van der Waals surface area contributed by atoms with Gasteiger partial charge in [0.25, 0.3) is 0 Å². The molecule has 37 heavy (non-hydrogen) atoms. The summed E-state index contributed by atoms with van der Waals surface area (Å²) in [6, 6.07) is 9.76. The van der Waals surface area contributed by atoms with E-state index in [0.717, 1.165) is 18.4 Å². The molecule has 0 aliphatic rings. The Balaban J connectivity index is 1.72. The third kappa shape index (κ3) is 5.78. The Morgan fingerprint density at radius 1 is 1.00 bits per heavy atom. The van der Waals surface area contributed by atoms with E-state index in [2.05, 4.69) is 19.4 Å². The number of aromatic nitrogens is 2. The average molecular weight is 549 g/mol. The van der Waals surface area contributed by atoms with Crippen LogP contribution in [0.1, 0.15) is 29.3 Å². The maximum Gasteiger partial charge on any atom is 0.232 e. The minimum absolute atomic E-state index is 0.0638. The molecule has 2 heterocycles. The highest BCUT2D eigenvalue weighted by Crippen LogP contribution is 2.30. The van der Waals surface area contributed by atoms with Crippen molar-refractivity contribution in [2.45, 2.75) is 13.3 Å². The molecule has 0 aliphatic heterocycles. The summed E-state index contributed by atoms with van der Waals surface area (Å²) < 4.78 is 81.2. The van der Waals surface area contributed by atoms with Crippen molar-refractivity contribution < 1.29 is 30.4 Å². The van der Waals surface area contributed by atoms with Gasteiger partial charge in [-0.15, -0.1) is 0 Å². The minimum atomic E-state index is -3.88. The van der Waals surface area contributed by atoms with Crippen molar-refractivity contribution in [3.8, 4) is 11.1 Å². The Hall–Kier alpha value is -3.84. The summed E-state index contributed by atoms with van der Waals surface area (Å²) in [5, 5.41) is 0.289. The molecular formula is C24H22F2N4O5S2. The van der Waals surface area contributed by atoms with Crippen molar-refractivity contribution in [2.24, 2.45) is 0 Å². The van der Waals surface area contributed by atoms with Gasteiger partial charge in [-0.1, -0.05) is 19.1 Å². The van der Waals surface area contributed by atoms with Crippen LogP contribution in [0.4, 0.5) is 20.2 Å². The van der Waals surface area contributed by atoms with Crippen LogP contribution in [-0.2, 0) is 20.0 Å². The van der Waals surface area contributed by atoms with Crippen LogP contribution in [0.5, 0.6) is 0 Å². The highest BCUT2D eigenvalue weighted by atomic mass is 32.2.